The molecule has 0 saturated heterocycles. The smallest absolute Gasteiger partial charge is 0.240 e. The molecule has 94 valence electrons. The Labute approximate surface area is 104 Å². The zero-order chi connectivity index (χ0) is 13.1. The average Bonchev–Trinajstić information content (AvgIpc) is 2.55. The molecule has 3 heteroatoms. The third-order valence-corrected chi connectivity index (χ3v) is 5.34. The van der Waals surface area contributed by atoms with Crippen LogP contribution in [0.2, 0.25) is 0 Å². The third kappa shape index (κ3) is 1.50. The minimum absolute atomic E-state index is 0.0539. The quantitative estimate of drug-likeness (QED) is 0.798. The Kier molecular flexibility index (Phi) is 2.37. The molecule has 0 heterocycles. The van der Waals surface area contributed by atoms with Crippen molar-refractivity contribution in [1.29, 1.82) is 5.26 Å². The summed E-state index contributed by atoms with van der Waals surface area (Å²) in [6.07, 6.45) is 1.42. The van der Waals surface area contributed by atoms with Gasteiger partial charge in [-0.3, -0.25) is 4.79 Å². The van der Waals surface area contributed by atoms with E-state index in [1.165, 1.54) is 0 Å². The van der Waals surface area contributed by atoms with Crippen molar-refractivity contribution in [3.8, 4) is 6.07 Å². The predicted octanol–water partition coefficient (Wildman–Crippen LogP) is 2.48. The minimum atomic E-state index is -0.742. The second-order valence-electron chi connectivity index (χ2n) is 7.06. The molecule has 0 spiro atoms. The molecule has 0 aromatic carbocycles. The summed E-state index contributed by atoms with van der Waals surface area (Å²) in [5, 5.41) is 12.3. The Morgan fingerprint density at radius 2 is 1.71 bits per heavy atom. The van der Waals surface area contributed by atoms with Gasteiger partial charge in [-0.2, -0.15) is 5.26 Å². The Bertz CT molecular complexity index is 383. The summed E-state index contributed by atoms with van der Waals surface area (Å²) in [5.41, 5.74) is -0.475. The molecule has 0 unspecified atom stereocenters. The van der Waals surface area contributed by atoms with Gasteiger partial charge >= 0.3 is 0 Å². The topological polar surface area (TPSA) is 52.9 Å². The maximum atomic E-state index is 12.2. The molecular formula is C14H22N2O. The number of carbonyl (C=O) groups is 1. The molecule has 1 N–H and O–H groups in total. The zero-order valence-corrected chi connectivity index (χ0v) is 11.4. The number of hydrogen-bond donors (Lipinski definition) is 1. The molecule has 1 amide bonds. The van der Waals surface area contributed by atoms with Gasteiger partial charge in [0.15, 0.2) is 0 Å². The Morgan fingerprint density at radius 3 is 2.00 bits per heavy atom. The van der Waals surface area contributed by atoms with Crippen molar-refractivity contribution >= 4 is 5.91 Å². The fourth-order valence-corrected chi connectivity index (χ4v) is 3.28. The predicted molar refractivity (Wildman–Crippen MR) is 65.9 cm³/mol. The highest BCUT2D eigenvalue weighted by molar-refractivity contribution is 5.87. The van der Waals surface area contributed by atoms with E-state index < -0.39 is 5.41 Å². The largest absolute Gasteiger partial charge is 0.351 e. The van der Waals surface area contributed by atoms with Gasteiger partial charge in [-0.15, -0.1) is 0 Å². The van der Waals surface area contributed by atoms with Crippen LogP contribution in [0.4, 0.5) is 0 Å². The first-order valence-corrected chi connectivity index (χ1v) is 6.39. The average molecular weight is 234 g/mol. The lowest BCUT2D eigenvalue weighted by Crippen LogP contribution is -2.49. The summed E-state index contributed by atoms with van der Waals surface area (Å²) in [5.74, 6) is 0.447. The van der Waals surface area contributed by atoms with E-state index in [0.29, 0.717) is 18.8 Å². The Hall–Kier alpha value is -1.04. The summed E-state index contributed by atoms with van der Waals surface area (Å²) in [7, 11) is 0. The van der Waals surface area contributed by atoms with E-state index in [1.807, 2.05) is 0 Å². The van der Waals surface area contributed by atoms with Crippen LogP contribution in [-0.4, -0.2) is 11.9 Å². The second-order valence-corrected chi connectivity index (χ2v) is 7.06. The molecule has 2 aliphatic rings. The van der Waals surface area contributed by atoms with Crippen molar-refractivity contribution in [2.75, 3.05) is 0 Å². The molecule has 0 bridgehead atoms. The van der Waals surface area contributed by atoms with Gasteiger partial charge in [-0.25, -0.2) is 0 Å². The molecule has 0 atom stereocenters. The van der Waals surface area contributed by atoms with Gasteiger partial charge in [0, 0.05) is 6.04 Å². The van der Waals surface area contributed by atoms with Crippen LogP contribution >= 0.6 is 0 Å². The van der Waals surface area contributed by atoms with E-state index in [0.717, 1.165) is 0 Å². The summed E-state index contributed by atoms with van der Waals surface area (Å²) in [4.78, 5) is 12.2. The molecule has 0 aromatic rings. The molecule has 2 saturated carbocycles. The Morgan fingerprint density at radius 1 is 1.24 bits per heavy atom. The Balaban J connectivity index is 2.03. The van der Waals surface area contributed by atoms with Crippen LogP contribution in [0.5, 0.6) is 0 Å². The van der Waals surface area contributed by atoms with E-state index in [9.17, 15) is 10.1 Å². The third-order valence-electron chi connectivity index (χ3n) is 5.34. The molecule has 0 radical (unpaired) electrons. The van der Waals surface area contributed by atoms with E-state index in [-0.39, 0.29) is 22.8 Å². The molecule has 2 aliphatic carbocycles. The number of hydrogen-bond acceptors (Lipinski definition) is 2. The number of nitrogens with one attached hydrogen (secondary N) is 1. The summed E-state index contributed by atoms with van der Waals surface area (Å²) >= 11 is 0. The monoisotopic (exact) mass is 234 g/mol. The fraction of sp³-hybridized carbons (Fsp3) is 0.857. The fourth-order valence-electron chi connectivity index (χ4n) is 3.28. The van der Waals surface area contributed by atoms with Gasteiger partial charge in [0.05, 0.1) is 6.07 Å². The SMILES string of the molecule is CC1CC(C#N)(C(=O)NC2C(C)(C)C2(C)C)C1. The molecule has 17 heavy (non-hydrogen) atoms. The van der Waals surface area contributed by atoms with E-state index >= 15 is 0 Å². The van der Waals surface area contributed by atoms with Crippen LogP contribution in [0.15, 0.2) is 0 Å². The van der Waals surface area contributed by atoms with Gasteiger partial charge in [-0.1, -0.05) is 34.6 Å². The lowest BCUT2D eigenvalue weighted by Gasteiger charge is -2.39. The molecule has 0 aliphatic heterocycles. The summed E-state index contributed by atoms with van der Waals surface area (Å²) in [6.45, 7) is 10.8. The minimum Gasteiger partial charge on any atom is -0.351 e. The van der Waals surface area contributed by atoms with E-state index in [1.54, 1.807) is 0 Å². The van der Waals surface area contributed by atoms with Crippen LogP contribution in [0.1, 0.15) is 47.5 Å². The van der Waals surface area contributed by atoms with Crippen molar-refractivity contribution in [2.24, 2.45) is 22.2 Å². The first-order valence-electron chi connectivity index (χ1n) is 6.39. The van der Waals surface area contributed by atoms with E-state index in [2.05, 4.69) is 46.0 Å². The van der Waals surface area contributed by atoms with Crippen molar-refractivity contribution in [3.63, 3.8) is 0 Å². The molecule has 0 aromatic heterocycles. The highest BCUT2D eigenvalue weighted by Crippen LogP contribution is 2.63. The normalized spacial score (nSPS) is 37.8. The lowest BCUT2D eigenvalue weighted by atomic mass is 9.63. The van der Waals surface area contributed by atoms with Crippen LogP contribution in [0.3, 0.4) is 0 Å². The van der Waals surface area contributed by atoms with Gasteiger partial charge < -0.3 is 5.32 Å². The first-order chi connectivity index (χ1) is 7.67. The first kappa shape index (κ1) is 12.4. The van der Waals surface area contributed by atoms with Crippen LogP contribution in [0, 0.1) is 33.5 Å². The van der Waals surface area contributed by atoms with Gasteiger partial charge in [0.2, 0.25) is 5.91 Å². The van der Waals surface area contributed by atoms with Crippen LogP contribution in [-0.2, 0) is 4.79 Å². The standard InChI is InChI=1S/C14H22N2O/c1-9-6-14(7-9,8-15)11(17)16-10-12(2,3)13(10,4)5/h9-10H,6-7H2,1-5H3,(H,16,17). The van der Waals surface area contributed by atoms with Gasteiger partial charge in [0.1, 0.15) is 5.41 Å². The van der Waals surface area contributed by atoms with Crippen molar-refractivity contribution in [2.45, 2.75) is 53.5 Å². The van der Waals surface area contributed by atoms with Crippen LogP contribution < -0.4 is 5.32 Å². The highest BCUT2D eigenvalue weighted by atomic mass is 16.2. The molecule has 2 fully saturated rings. The van der Waals surface area contributed by atoms with Crippen LogP contribution in [0.25, 0.3) is 0 Å². The summed E-state index contributed by atoms with van der Waals surface area (Å²) < 4.78 is 0. The number of rotatable bonds is 2. The van der Waals surface area contributed by atoms with Gasteiger partial charge in [0.25, 0.3) is 0 Å². The lowest BCUT2D eigenvalue weighted by molar-refractivity contribution is -0.134. The van der Waals surface area contributed by atoms with Crippen molar-refractivity contribution in [1.82, 2.24) is 5.32 Å². The van der Waals surface area contributed by atoms with E-state index in [4.69, 9.17) is 0 Å². The second kappa shape index (κ2) is 3.25. The molecular weight excluding hydrogens is 212 g/mol. The maximum Gasteiger partial charge on any atom is 0.240 e. The van der Waals surface area contributed by atoms with Crippen molar-refractivity contribution in [3.05, 3.63) is 0 Å². The maximum absolute atomic E-state index is 12.2. The summed E-state index contributed by atoms with van der Waals surface area (Å²) in [6, 6.07) is 2.42. The molecule has 2 rings (SSSR count). The van der Waals surface area contributed by atoms with Gasteiger partial charge in [-0.05, 0) is 29.6 Å². The number of carbonyl (C=O) groups excluding carboxylic acids is 1. The number of nitrogens with zero attached hydrogens (tertiary/aromatic N) is 1. The zero-order valence-electron chi connectivity index (χ0n) is 11.4. The number of nitriles is 1. The van der Waals surface area contributed by atoms with Crippen molar-refractivity contribution < 1.29 is 4.79 Å². The highest BCUT2D eigenvalue weighted by Gasteiger charge is 2.66. The number of amides is 1. The molecule has 3 nitrogen and oxygen atoms in total.